The molecule has 0 radical (unpaired) electrons. The second kappa shape index (κ2) is 12.4. The molecule has 0 saturated heterocycles. The molecule has 0 amide bonds. The molecule has 188 valence electrons. The van der Waals surface area contributed by atoms with Gasteiger partial charge >= 0.3 is 225 Å². The molecule has 0 N–H and O–H groups in total. The van der Waals surface area contributed by atoms with Gasteiger partial charge in [-0.15, -0.1) is 0 Å². The van der Waals surface area contributed by atoms with Crippen molar-refractivity contribution in [1.29, 1.82) is 0 Å². The van der Waals surface area contributed by atoms with E-state index in [4.69, 9.17) is 14.2 Å². The summed E-state index contributed by atoms with van der Waals surface area (Å²) in [6.07, 6.45) is 0. The number of rotatable bonds is 9. The van der Waals surface area contributed by atoms with Crippen molar-refractivity contribution in [3.05, 3.63) is 109 Å². The van der Waals surface area contributed by atoms with Crippen LogP contribution in [0, 0.1) is 0 Å². The van der Waals surface area contributed by atoms with Gasteiger partial charge in [-0.3, -0.25) is 0 Å². The summed E-state index contributed by atoms with van der Waals surface area (Å²) >= 11 is -2.58. The second-order valence-electron chi connectivity index (χ2n) is 8.33. The normalized spacial score (nSPS) is 10.4. The number of hydrogen-bond donors (Lipinski definition) is 0. The summed E-state index contributed by atoms with van der Waals surface area (Å²) < 4.78 is 19.3. The monoisotopic (exact) mass is 604 g/mol. The Labute approximate surface area is 223 Å². The molecule has 0 aromatic heterocycles. The van der Waals surface area contributed by atoms with Crippen LogP contribution in [-0.2, 0) is 14.4 Å². The van der Waals surface area contributed by atoms with Gasteiger partial charge in [0.05, 0.1) is 0 Å². The topological polar surface area (TPSA) is 78.9 Å². The van der Waals surface area contributed by atoms with Gasteiger partial charge in [-0.2, -0.15) is 0 Å². The van der Waals surface area contributed by atoms with Crippen LogP contribution < -0.4 is 24.7 Å². The molecule has 3 aromatic carbocycles. The first-order valence-corrected chi connectivity index (χ1v) is 15.1. The zero-order valence-electron chi connectivity index (χ0n) is 20.9. The van der Waals surface area contributed by atoms with Gasteiger partial charge in [0, 0.05) is 0 Å². The average molecular weight is 605 g/mol. The first kappa shape index (κ1) is 27.7. The molecule has 3 aromatic rings. The van der Waals surface area contributed by atoms with Crippen LogP contribution in [-0.4, -0.2) is 38.1 Å². The Hall–Kier alpha value is -3.89. The number of esters is 3. The number of carbonyl (C=O) groups excluding carboxylic acids is 3. The minimum atomic E-state index is -2.58. The van der Waals surface area contributed by atoms with Crippen molar-refractivity contribution in [2.24, 2.45) is 0 Å². The Morgan fingerprint density at radius 3 is 0.892 bits per heavy atom. The average Bonchev–Trinajstić information content (AvgIpc) is 2.87. The van der Waals surface area contributed by atoms with E-state index in [0.29, 0.717) is 34.0 Å². The first-order valence-electron chi connectivity index (χ1n) is 11.3. The van der Waals surface area contributed by atoms with Gasteiger partial charge in [-0.05, 0) is 0 Å². The van der Waals surface area contributed by atoms with Gasteiger partial charge in [-0.1, -0.05) is 0 Å². The summed E-state index contributed by atoms with van der Waals surface area (Å²) in [5.74, 6) is -0.148. The molecule has 0 aliphatic carbocycles. The quantitative estimate of drug-likeness (QED) is 0.161. The molecule has 0 aliphatic heterocycles. The summed E-state index contributed by atoms with van der Waals surface area (Å²) in [6, 6.07) is 22.3. The van der Waals surface area contributed by atoms with Crippen LogP contribution in [0.1, 0.15) is 20.8 Å². The van der Waals surface area contributed by atoms with E-state index in [0.717, 1.165) is 10.5 Å². The second-order valence-corrected chi connectivity index (χ2v) is 14.7. The summed E-state index contributed by atoms with van der Waals surface area (Å²) in [4.78, 5) is 35.6. The van der Waals surface area contributed by atoms with Gasteiger partial charge in [-0.25, -0.2) is 0 Å². The van der Waals surface area contributed by atoms with Crippen molar-refractivity contribution in [3.63, 3.8) is 0 Å². The molecule has 0 spiro atoms. The number of carbonyl (C=O) groups is 3. The van der Waals surface area contributed by atoms with Crippen molar-refractivity contribution >= 4 is 48.6 Å². The maximum atomic E-state index is 11.9. The standard InChI is InChI=1S/3C10H9O2.Sb/c3*1-8(2)10(11)12-9-6-4-3-5-7-9;/h3*4-7H,1H2,2H3;. The number of benzene rings is 3. The molecule has 7 heteroatoms. The molecule has 0 heterocycles. The SMILES string of the molecule is C=C(C)C(=O)Oc1cc[c]([Sb]([c]2ccc(OC(=O)C(=C)C)cc2)[c]2ccc(OC(=O)C(=C)C)cc2)cc1. The maximum absolute atomic E-state index is 11.9. The van der Waals surface area contributed by atoms with Gasteiger partial charge in [0.1, 0.15) is 0 Å². The van der Waals surface area contributed by atoms with E-state index < -0.39 is 38.1 Å². The van der Waals surface area contributed by atoms with Gasteiger partial charge in [0.15, 0.2) is 0 Å². The summed E-state index contributed by atoms with van der Waals surface area (Å²) in [7, 11) is 0. The fourth-order valence-electron chi connectivity index (χ4n) is 3.02. The zero-order chi connectivity index (χ0) is 27.1. The van der Waals surface area contributed by atoms with E-state index in [2.05, 4.69) is 19.7 Å². The van der Waals surface area contributed by atoms with Crippen LogP contribution in [0.5, 0.6) is 17.2 Å². The minimum absolute atomic E-state index is 0.319. The first-order chi connectivity index (χ1) is 17.5. The third-order valence-corrected chi connectivity index (χ3v) is 11.9. The molecule has 0 fully saturated rings. The van der Waals surface area contributed by atoms with Crippen LogP contribution in [0.3, 0.4) is 0 Å². The molecule has 0 saturated carbocycles. The van der Waals surface area contributed by atoms with Crippen molar-refractivity contribution in [3.8, 4) is 17.2 Å². The number of ether oxygens (including phenoxy) is 3. The van der Waals surface area contributed by atoms with Crippen molar-refractivity contribution in [2.45, 2.75) is 20.8 Å². The fraction of sp³-hybridized carbons (Fsp3) is 0.100. The van der Waals surface area contributed by atoms with Crippen LogP contribution in [0.25, 0.3) is 0 Å². The van der Waals surface area contributed by atoms with E-state index in [9.17, 15) is 14.4 Å². The predicted octanol–water partition coefficient (Wildman–Crippen LogP) is 3.65. The van der Waals surface area contributed by atoms with Crippen molar-refractivity contribution in [1.82, 2.24) is 0 Å². The Morgan fingerprint density at radius 2 is 0.703 bits per heavy atom. The van der Waals surface area contributed by atoms with Gasteiger partial charge in [0.2, 0.25) is 0 Å². The molecule has 37 heavy (non-hydrogen) atoms. The van der Waals surface area contributed by atoms with E-state index in [1.807, 2.05) is 36.4 Å². The summed E-state index contributed by atoms with van der Waals surface area (Å²) in [6.45, 7) is 15.6. The summed E-state index contributed by atoms with van der Waals surface area (Å²) in [5, 5.41) is 0. The Morgan fingerprint density at radius 1 is 0.486 bits per heavy atom. The van der Waals surface area contributed by atoms with Gasteiger partial charge in [0.25, 0.3) is 0 Å². The van der Waals surface area contributed by atoms with E-state index in [-0.39, 0.29) is 0 Å². The Bertz CT molecular complexity index is 1180. The van der Waals surface area contributed by atoms with E-state index in [1.54, 1.807) is 57.2 Å². The molecule has 0 aliphatic rings. The summed E-state index contributed by atoms with van der Waals surface area (Å²) in [5.41, 5.74) is 0.956. The molecule has 0 atom stereocenters. The van der Waals surface area contributed by atoms with E-state index in [1.165, 1.54) is 0 Å². The molecule has 6 nitrogen and oxygen atoms in total. The van der Waals surface area contributed by atoms with Gasteiger partial charge < -0.3 is 0 Å². The number of hydrogen-bond acceptors (Lipinski definition) is 6. The molecule has 0 unspecified atom stereocenters. The van der Waals surface area contributed by atoms with Crippen LogP contribution >= 0.6 is 0 Å². The van der Waals surface area contributed by atoms with Crippen molar-refractivity contribution < 1.29 is 28.6 Å². The predicted molar refractivity (Wildman–Crippen MR) is 145 cm³/mol. The van der Waals surface area contributed by atoms with Crippen molar-refractivity contribution in [2.75, 3.05) is 0 Å². The Balaban J connectivity index is 1.95. The third kappa shape index (κ3) is 7.55. The zero-order valence-corrected chi connectivity index (χ0v) is 23.5. The molecular formula is C30H27O6Sb. The molecular weight excluding hydrogens is 578 g/mol. The van der Waals surface area contributed by atoms with Crippen LogP contribution in [0.2, 0.25) is 0 Å². The van der Waals surface area contributed by atoms with Crippen LogP contribution in [0.4, 0.5) is 0 Å². The molecule has 0 bridgehead atoms. The molecule has 3 rings (SSSR count). The fourth-order valence-corrected chi connectivity index (χ4v) is 9.40. The Kier molecular flexibility index (Phi) is 9.26. The van der Waals surface area contributed by atoms with Crippen LogP contribution in [0.15, 0.2) is 109 Å². The van der Waals surface area contributed by atoms with E-state index >= 15 is 0 Å². The third-order valence-electron chi connectivity index (χ3n) is 4.96.